The minimum atomic E-state index is -1.00. The Balaban J connectivity index is 2.65. The van der Waals surface area contributed by atoms with E-state index in [2.05, 4.69) is 10.6 Å². The second-order valence-corrected chi connectivity index (χ2v) is 5.24. The third-order valence-electron chi connectivity index (χ3n) is 3.49. The summed E-state index contributed by atoms with van der Waals surface area (Å²) in [7, 11) is 0. The first-order valence-electron chi connectivity index (χ1n) is 6.94. The molecule has 1 fully saturated rings. The van der Waals surface area contributed by atoms with Gasteiger partial charge in [-0.1, -0.05) is 6.92 Å². The molecule has 114 valence electrons. The fraction of sp³-hybridized carbons (Fsp3) is 0.769. The molecule has 0 spiro atoms. The van der Waals surface area contributed by atoms with Crippen LogP contribution in [0.3, 0.4) is 0 Å². The SMILES string of the molecule is CCNC(=O)C(C)NC(=O)N1CCC(C)CC1C(=O)O. The molecular weight excluding hydrogens is 262 g/mol. The van der Waals surface area contributed by atoms with Crippen molar-refractivity contribution in [3.05, 3.63) is 0 Å². The minimum absolute atomic E-state index is 0.279. The third kappa shape index (κ3) is 4.11. The van der Waals surface area contributed by atoms with Crippen LogP contribution in [0.5, 0.6) is 0 Å². The number of hydrogen-bond donors (Lipinski definition) is 3. The fourth-order valence-electron chi connectivity index (χ4n) is 2.28. The molecule has 1 aliphatic heterocycles. The Hall–Kier alpha value is -1.79. The maximum absolute atomic E-state index is 12.1. The molecule has 0 radical (unpaired) electrons. The first-order chi connectivity index (χ1) is 9.36. The maximum Gasteiger partial charge on any atom is 0.326 e. The van der Waals surface area contributed by atoms with Gasteiger partial charge in [-0.2, -0.15) is 0 Å². The zero-order chi connectivity index (χ0) is 15.3. The monoisotopic (exact) mass is 285 g/mol. The van der Waals surface area contributed by atoms with Gasteiger partial charge in [0, 0.05) is 13.1 Å². The molecule has 3 atom stereocenters. The number of hydrogen-bond acceptors (Lipinski definition) is 3. The molecule has 1 aliphatic rings. The van der Waals surface area contributed by atoms with Crippen molar-refractivity contribution < 1.29 is 19.5 Å². The normalized spacial score (nSPS) is 23.9. The largest absolute Gasteiger partial charge is 0.480 e. The van der Waals surface area contributed by atoms with Crippen LogP contribution in [-0.2, 0) is 9.59 Å². The molecule has 7 nitrogen and oxygen atoms in total. The van der Waals surface area contributed by atoms with E-state index >= 15 is 0 Å². The van der Waals surface area contributed by atoms with Gasteiger partial charge >= 0.3 is 12.0 Å². The van der Waals surface area contributed by atoms with Crippen molar-refractivity contribution in [2.24, 2.45) is 5.92 Å². The number of urea groups is 1. The molecule has 0 aromatic heterocycles. The van der Waals surface area contributed by atoms with Crippen LogP contribution in [-0.4, -0.2) is 53.1 Å². The van der Waals surface area contributed by atoms with Gasteiger partial charge in [-0.3, -0.25) is 4.79 Å². The van der Waals surface area contributed by atoms with Crippen molar-refractivity contribution in [3.8, 4) is 0 Å². The maximum atomic E-state index is 12.1. The Kier molecular flexibility index (Phi) is 5.79. The standard InChI is InChI=1S/C13H23N3O4/c1-4-14-11(17)9(3)15-13(20)16-6-5-8(2)7-10(16)12(18)19/h8-10H,4-7H2,1-3H3,(H,14,17)(H,15,20)(H,18,19). The predicted octanol–water partition coefficient (Wildman–Crippen LogP) is 0.406. The molecular formula is C13H23N3O4. The van der Waals surface area contributed by atoms with Crippen molar-refractivity contribution in [2.75, 3.05) is 13.1 Å². The van der Waals surface area contributed by atoms with Crippen molar-refractivity contribution >= 4 is 17.9 Å². The average Bonchev–Trinajstić information content (AvgIpc) is 2.38. The molecule has 20 heavy (non-hydrogen) atoms. The Morgan fingerprint density at radius 3 is 2.60 bits per heavy atom. The van der Waals surface area contributed by atoms with Gasteiger partial charge in [-0.25, -0.2) is 9.59 Å². The number of rotatable bonds is 4. The Labute approximate surface area is 118 Å². The molecule has 0 bridgehead atoms. The van der Waals surface area contributed by atoms with Crippen molar-refractivity contribution in [2.45, 2.75) is 45.7 Å². The second-order valence-electron chi connectivity index (χ2n) is 5.24. The lowest BCUT2D eigenvalue weighted by Crippen LogP contribution is -2.56. The molecule has 7 heteroatoms. The van der Waals surface area contributed by atoms with Crippen LogP contribution >= 0.6 is 0 Å². The number of nitrogens with one attached hydrogen (secondary N) is 2. The fourth-order valence-corrected chi connectivity index (χ4v) is 2.28. The van der Waals surface area contributed by atoms with E-state index in [1.54, 1.807) is 13.8 Å². The van der Waals surface area contributed by atoms with E-state index in [-0.39, 0.29) is 11.8 Å². The van der Waals surface area contributed by atoms with Gasteiger partial charge in [0.1, 0.15) is 12.1 Å². The Morgan fingerprint density at radius 2 is 2.05 bits per heavy atom. The number of likely N-dealkylation sites (tertiary alicyclic amines) is 1. The zero-order valence-electron chi connectivity index (χ0n) is 12.2. The van der Waals surface area contributed by atoms with E-state index in [1.165, 1.54) is 4.90 Å². The summed E-state index contributed by atoms with van der Waals surface area (Å²) in [4.78, 5) is 36.2. The van der Waals surface area contributed by atoms with Crippen LogP contribution < -0.4 is 10.6 Å². The number of carbonyl (C=O) groups excluding carboxylic acids is 2. The molecule has 1 rings (SSSR count). The van der Waals surface area contributed by atoms with Gasteiger partial charge in [0.15, 0.2) is 0 Å². The highest BCUT2D eigenvalue weighted by Gasteiger charge is 2.35. The van der Waals surface area contributed by atoms with Crippen LogP contribution in [0.15, 0.2) is 0 Å². The van der Waals surface area contributed by atoms with Crippen molar-refractivity contribution in [1.29, 1.82) is 0 Å². The number of aliphatic carboxylic acids is 1. The summed E-state index contributed by atoms with van der Waals surface area (Å²) < 4.78 is 0. The molecule has 0 aromatic carbocycles. The van der Waals surface area contributed by atoms with Crippen molar-refractivity contribution in [1.82, 2.24) is 15.5 Å². The molecule has 0 aromatic rings. The summed E-state index contributed by atoms with van der Waals surface area (Å²) in [5.74, 6) is -1.00. The lowest BCUT2D eigenvalue weighted by Gasteiger charge is -2.36. The smallest absolute Gasteiger partial charge is 0.326 e. The van der Waals surface area contributed by atoms with Gasteiger partial charge < -0.3 is 20.6 Å². The summed E-state index contributed by atoms with van der Waals surface area (Å²) in [5.41, 5.74) is 0. The van der Waals surface area contributed by atoms with Crippen LogP contribution in [0.2, 0.25) is 0 Å². The molecule has 0 aliphatic carbocycles. The number of amides is 3. The van der Waals surface area contributed by atoms with E-state index in [1.807, 2.05) is 6.92 Å². The molecule has 1 saturated heterocycles. The molecule has 0 saturated carbocycles. The van der Waals surface area contributed by atoms with Gasteiger partial charge in [0.25, 0.3) is 0 Å². The summed E-state index contributed by atoms with van der Waals surface area (Å²) in [5, 5.41) is 14.4. The third-order valence-corrected chi connectivity index (χ3v) is 3.49. The number of carboxylic acid groups (broad SMARTS) is 1. The van der Waals surface area contributed by atoms with Crippen LogP contribution in [0.4, 0.5) is 4.79 Å². The van der Waals surface area contributed by atoms with E-state index in [0.29, 0.717) is 19.5 Å². The van der Waals surface area contributed by atoms with E-state index in [9.17, 15) is 19.5 Å². The quantitative estimate of drug-likeness (QED) is 0.696. The summed E-state index contributed by atoms with van der Waals surface area (Å²) in [6.45, 7) is 6.22. The number of piperidine rings is 1. The minimum Gasteiger partial charge on any atom is -0.480 e. The van der Waals surface area contributed by atoms with Crippen LogP contribution in [0.1, 0.15) is 33.6 Å². The predicted molar refractivity (Wildman–Crippen MR) is 73.2 cm³/mol. The molecule has 3 N–H and O–H groups in total. The van der Waals surface area contributed by atoms with Gasteiger partial charge in [-0.15, -0.1) is 0 Å². The van der Waals surface area contributed by atoms with Crippen LogP contribution in [0.25, 0.3) is 0 Å². The lowest BCUT2D eigenvalue weighted by atomic mass is 9.93. The summed E-state index contributed by atoms with van der Waals surface area (Å²) >= 11 is 0. The topological polar surface area (TPSA) is 98.7 Å². The first kappa shape index (κ1) is 16.3. The van der Waals surface area contributed by atoms with Crippen LogP contribution in [0, 0.1) is 5.92 Å². The molecule has 3 amide bonds. The number of nitrogens with zero attached hydrogens (tertiary/aromatic N) is 1. The Morgan fingerprint density at radius 1 is 1.40 bits per heavy atom. The van der Waals surface area contributed by atoms with Gasteiger partial charge in [-0.05, 0) is 32.6 Å². The number of carboxylic acids is 1. The summed E-state index contributed by atoms with van der Waals surface area (Å²) in [6.07, 6.45) is 1.21. The zero-order valence-corrected chi connectivity index (χ0v) is 12.2. The molecule has 3 unspecified atom stereocenters. The highest BCUT2D eigenvalue weighted by Crippen LogP contribution is 2.22. The van der Waals surface area contributed by atoms with Gasteiger partial charge in [0.2, 0.25) is 5.91 Å². The Bertz CT molecular complexity index is 386. The summed E-state index contributed by atoms with van der Waals surface area (Å²) in [6, 6.07) is -2.00. The van der Waals surface area contributed by atoms with Crippen molar-refractivity contribution in [3.63, 3.8) is 0 Å². The van der Waals surface area contributed by atoms with E-state index < -0.39 is 24.1 Å². The van der Waals surface area contributed by atoms with Gasteiger partial charge in [0.05, 0.1) is 0 Å². The highest BCUT2D eigenvalue weighted by atomic mass is 16.4. The number of carbonyl (C=O) groups is 3. The lowest BCUT2D eigenvalue weighted by molar-refractivity contribution is -0.143. The molecule has 1 heterocycles. The first-order valence-corrected chi connectivity index (χ1v) is 6.94. The number of likely N-dealkylation sites (N-methyl/N-ethyl adjacent to an activating group) is 1. The van der Waals surface area contributed by atoms with E-state index in [0.717, 1.165) is 6.42 Å². The average molecular weight is 285 g/mol. The highest BCUT2D eigenvalue weighted by molar-refractivity contribution is 5.88. The second kappa shape index (κ2) is 7.12. The van der Waals surface area contributed by atoms with E-state index in [4.69, 9.17) is 0 Å².